The van der Waals surface area contributed by atoms with Crippen molar-refractivity contribution in [3.8, 4) is 5.75 Å². The van der Waals surface area contributed by atoms with Gasteiger partial charge in [-0.2, -0.15) is 0 Å². The summed E-state index contributed by atoms with van der Waals surface area (Å²) in [5.74, 6) is 0.603. The van der Waals surface area contributed by atoms with Gasteiger partial charge in [-0.05, 0) is 84.1 Å². The Morgan fingerprint density at radius 2 is 1.46 bits per heavy atom. The van der Waals surface area contributed by atoms with E-state index in [9.17, 15) is 9.18 Å². The zero-order valence-electron chi connectivity index (χ0n) is 22.0. The summed E-state index contributed by atoms with van der Waals surface area (Å²) in [6.07, 6.45) is -0.320. The molecule has 5 rings (SSSR count). The average Bonchev–Trinajstić information content (AvgIpc) is 2.94. The molecule has 4 aromatic carbocycles. The summed E-state index contributed by atoms with van der Waals surface area (Å²) < 4.78 is 23.9. The van der Waals surface area contributed by atoms with E-state index in [2.05, 4.69) is 0 Å². The molecule has 202 valence electrons. The smallest absolute Gasteiger partial charge is 0.249 e. The summed E-state index contributed by atoms with van der Waals surface area (Å²) in [7, 11) is 1.63. The van der Waals surface area contributed by atoms with Crippen molar-refractivity contribution in [1.29, 1.82) is 0 Å². The van der Waals surface area contributed by atoms with E-state index in [1.807, 2.05) is 90.7 Å². The first kappa shape index (κ1) is 28.6. The van der Waals surface area contributed by atoms with Gasteiger partial charge in [-0.25, -0.2) is 4.39 Å². The molecule has 1 fully saturated rings. The molecule has 0 spiro atoms. The summed E-state index contributed by atoms with van der Waals surface area (Å²) >= 11 is 12.2. The van der Waals surface area contributed by atoms with Gasteiger partial charge in [-0.3, -0.25) is 4.79 Å². The standard InChI is InChI=1S/C24H21Cl2NO3.C8H9F/c1-29-21-12-2-16(3-13-21)14-27-22(28)15-30-24(18-6-10-20(26)11-7-18)23(27)17-4-8-19(25)9-5-17;1-6-3-4-7(2)8(9)5-6/h2-13,23-24H,14-15H2,1H3;3-5H,1-2H3. The summed E-state index contributed by atoms with van der Waals surface area (Å²) in [5.41, 5.74) is 4.62. The maximum Gasteiger partial charge on any atom is 0.249 e. The lowest BCUT2D eigenvalue weighted by Gasteiger charge is -2.41. The van der Waals surface area contributed by atoms with E-state index in [1.54, 1.807) is 20.1 Å². The summed E-state index contributed by atoms with van der Waals surface area (Å²) in [5, 5.41) is 1.30. The molecule has 0 radical (unpaired) electrons. The van der Waals surface area contributed by atoms with Crippen molar-refractivity contribution >= 4 is 29.1 Å². The van der Waals surface area contributed by atoms with Crippen LogP contribution in [0.1, 0.15) is 40.0 Å². The van der Waals surface area contributed by atoms with Gasteiger partial charge in [0.1, 0.15) is 24.3 Å². The van der Waals surface area contributed by atoms with Crippen LogP contribution in [0.5, 0.6) is 5.75 Å². The van der Waals surface area contributed by atoms with Crippen molar-refractivity contribution in [2.75, 3.05) is 13.7 Å². The fourth-order valence-corrected chi connectivity index (χ4v) is 4.66. The lowest BCUT2D eigenvalue weighted by Crippen LogP contribution is -2.45. The number of nitrogens with zero attached hydrogens (tertiary/aromatic N) is 1. The van der Waals surface area contributed by atoms with Gasteiger partial charge in [0, 0.05) is 16.6 Å². The molecule has 0 saturated carbocycles. The predicted molar refractivity (Wildman–Crippen MR) is 154 cm³/mol. The molecule has 0 N–H and O–H groups in total. The number of aryl methyl sites for hydroxylation is 2. The summed E-state index contributed by atoms with van der Waals surface area (Å²) in [6.45, 7) is 4.12. The molecular formula is C32H30Cl2FNO3. The Kier molecular flexibility index (Phi) is 9.63. The molecule has 0 aliphatic carbocycles. The molecule has 39 heavy (non-hydrogen) atoms. The van der Waals surface area contributed by atoms with E-state index >= 15 is 0 Å². The van der Waals surface area contributed by atoms with Gasteiger partial charge in [0.05, 0.1) is 13.2 Å². The van der Waals surface area contributed by atoms with Crippen LogP contribution in [0.2, 0.25) is 10.0 Å². The minimum Gasteiger partial charge on any atom is -0.497 e. The first-order chi connectivity index (χ1) is 18.7. The highest BCUT2D eigenvalue weighted by atomic mass is 35.5. The number of halogens is 3. The number of ether oxygens (including phenoxy) is 2. The second kappa shape index (κ2) is 13.1. The molecule has 1 heterocycles. The minimum atomic E-state index is -0.320. The first-order valence-corrected chi connectivity index (χ1v) is 13.3. The van der Waals surface area contributed by atoms with Gasteiger partial charge in [0.25, 0.3) is 0 Å². The van der Waals surface area contributed by atoms with Gasteiger partial charge in [0.15, 0.2) is 0 Å². The number of carbonyl (C=O) groups is 1. The van der Waals surface area contributed by atoms with Crippen LogP contribution >= 0.6 is 23.2 Å². The maximum absolute atomic E-state index is 12.9. The topological polar surface area (TPSA) is 38.8 Å². The zero-order valence-corrected chi connectivity index (χ0v) is 23.5. The molecule has 1 amide bonds. The Morgan fingerprint density at radius 1 is 0.872 bits per heavy atom. The first-order valence-electron chi connectivity index (χ1n) is 12.5. The molecule has 1 aliphatic heterocycles. The van der Waals surface area contributed by atoms with E-state index in [-0.39, 0.29) is 30.5 Å². The number of carbonyl (C=O) groups excluding carboxylic acids is 1. The predicted octanol–water partition coefficient (Wildman–Crippen LogP) is 8.29. The van der Waals surface area contributed by atoms with E-state index in [0.29, 0.717) is 22.2 Å². The van der Waals surface area contributed by atoms with Crippen molar-refractivity contribution in [2.24, 2.45) is 0 Å². The van der Waals surface area contributed by atoms with Crippen molar-refractivity contribution in [1.82, 2.24) is 4.90 Å². The average molecular weight is 567 g/mol. The van der Waals surface area contributed by atoms with Gasteiger partial charge in [-0.15, -0.1) is 0 Å². The number of hydrogen-bond acceptors (Lipinski definition) is 3. The normalized spacial score (nSPS) is 16.9. The van der Waals surface area contributed by atoms with Crippen molar-refractivity contribution < 1.29 is 18.7 Å². The van der Waals surface area contributed by atoms with Gasteiger partial charge >= 0.3 is 0 Å². The third-order valence-electron chi connectivity index (χ3n) is 6.58. The summed E-state index contributed by atoms with van der Waals surface area (Å²) in [6, 6.07) is 27.8. The van der Waals surface area contributed by atoms with Crippen LogP contribution in [0, 0.1) is 19.7 Å². The van der Waals surface area contributed by atoms with E-state index in [1.165, 1.54) is 6.07 Å². The number of morpholine rings is 1. The van der Waals surface area contributed by atoms with Gasteiger partial charge in [-0.1, -0.05) is 71.7 Å². The lowest BCUT2D eigenvalue weighted by molar-refractivity contribution is -0.159. The number of rotatable bonds is 5. The summed E-state index contributed by atoms with van der Waals surface area (Å²) in [4.78, 5) is 14.8. The number of amides is 1. The number of benzene rings is 4. The van der Waals surface area contributed by atoms with E-state index < -0.39 is 0 Å². The Morgan fingerprint density at radius 3 is 2.00 bits per heavy atom. The molecule has 1 aliphatic rings. The minimum absolute atomic E-state index is 0.0214. The lowest BCUT2D eigenvalue weighted by atomic mass is 9.92. The fraction of sp³-hybridized carbons (Fsp3) is 0.219. The second-order valence-electron chi connectivity index (χ2n) is 9.40. The Bertz CT molecular complexity index is 1390. The molecule has 0 bridgehead atoms. The third-order valence-corrected chi connectivity index (χ3v) is 7.08. The van der Waals surface area contributed by atoms with Crippen LogP contribution in [0.25, 0.3) is 0 Å². The third kappa shape index (κ3) is 7.39. The number of hydrogen-bond donors (Lipinski definition) is 0. The van der Waals surface area contributed by atoms with Crippen molar-refractivity contribution in [3.63, 3.8) is 0 Å². The molecule has 0 aromatic heterocycles. The van der Waals surface area contributed by atoms with Crippen LogP contribution in [-0.4, -0.2) is 24.5 Å². The Balaban J connectivity index is 0.000000333. The highest BCUT2D eigenvalue weighted by molar-refractivity contribution is 6.30. The monoisotopic (exact) mass is 565 g/mol. The zero-order chi connectivity index (χ0) is 27.9. The van der Waals surface area contributed by atoms with Crippen LogP contribution in [0.3, 0.4) is 0 Å². The molecule has 4 aromatic rings. The quantitative estimate of drug-likeness (QED) is 0.244. The maximum atomic E-state index is 12.9. The van der Waals surface area contributed by atoms with Crippen LogP contribution in [0.4, 0.5) is 4.39 Å². The molecule has 1 saturated heterocycles. The molecule has 7 heteroatoms. The van der Waals surface area contributed by atoms with Crippen LogP contribution in [-0.2, 0) is 16.1 Å². The fourth-order valence-electron chi connectivity index (χ4n) is 4.41. The van der Waals surface area contributed by atoms with Crippen LogP contribution in [0.15, 0.2) is 91.0 Å². The van der Waals surface area contributed by atoms with Crippen molar-refractivity contribution in [3.05, 3.63) is 135 Å². The highest BCUT2D eigenvalue weighted by Gasteiger charge is 2.38. The number of methoxy groups -OCH3 is 1. The molecule has 2 unspecified atom stereocenters. The molecular weight excluding hydrogens is 536 g/mol. The molecule has 4 nitrogen and oxygen atoms in total. The SMILES string of the molecule is COc1ccc(CN2C(=O)COC(c3ccc(Cl)cc3)C2c2ccc(Cl)cc2)cc1.Cc1ccc(C)c(F)c1. The second-order valence-corrected chi connectivity index (χ2v) is 10.3. The van der Waals surface area contributed by atoms with E-state index in [0.717, 1.165) is 28.0 Å². The van der Waals surface area contributed by atoms with Crippen LogP contribution < -0.4 is 4.74 Å². The van der Waals surface area contributed by atoms with Gasteiger partial charge in [0.2, 0.25) is 5.91 Å². The van der Waals surface area contributed by atoms with Crippen molar-refractivity contribution in [2.45, 2.75) is 32.5 Å². The Hall–Kier alpha value is -3.38. The molecule has 2 atom stereocenters. The van der Waals surface area contributed by atoms with Gasteiger partial charge < -0.3 is 14.4 Å². The van der Waals surface area contributed by atoms with E-state index in [4.69, 9.17) is 32.7 Å². The largest absolute Gasteiger partial charge is 0.497 e. The highest BCUT2D eigenvalue weighted by Crippen LogP contribution is 2.41. The Labute approximate surface area is 238 Å².